The van der Waals surface area contributed by atoms with E-state index in [1.54, 1.807) is 0 Å². The number of halogens is 2. The maximum atomic E-state index is 12.9. The van der Waals surface area contributed by atoms with Crippen molar-refractivity contribution in [3.63, 3.8) is 0 Å². The van der Waals surface area contributed by atoms with Crippen molar-refractivity contribution < 1.29 is 14.1 Å². The van der Waals surface area contributed by atoms with Gasteiger partial charge in [-0.2, -0.15) is 4.39 Å². The minimum atomic E-state index is -0.960. The van der Waals surface area contributed by atoms with Gasteiger partial charge >= 0.3 is 5.69 Å². The van der Waals surface area contributed by atoms with Crippen LogP contribution in [-0.2, 0) is 4.79 Å². The van der Waals surface area contributed by atoms with Crippen molar-refractivity contribution in [2.45, 2.75) is 0 Å². The van der Waals surface area contributed by atoms with Crippen molar-refractivity contribution >= 4 is 33.7 Å². The number of amides is 1. The van der Waals surface area contributed by atoms with Gasteiger partial charge in [0.05, 0.1) is 10.6 Å². The number of nitrogens with zero attached hydrogens (tertiary/aromatic N) is 1. The highest BCUT2D eigenvalue weighted by Crippen LogP contribution is 2.29. The standard InChI is InChI=1S/C7H4BrFN2O3/c8-4-1-5(9)7(11(13)14)2-6(4)10-3-12/h1-3H,(H,10,12). The molecule has 7 heteroatoms. The molecule has 0 spiro atoms. The van der Waals surface area contributed by atoms with E-state index in [9.17, 15) is 19.3 Å². The van der Waals surface area contributed by atoms with Crippen LogP contribution in [0.3, 0.4) is 0 Å². The Kier molecular flexibility index (Phi) is 3.13. The average Bonchev–Trinajstić information content (AvgIpc) is 2.09. The van der Waals surface area contributed by atoms with Gasteiger partial charge in [0, 0.05) is 10.5 Å². The third kappa shape index (κ3) is 2.05. The van der Waals surface area contributed by atoms with E-state index >= 15 is 0 Å². The van der Waals surface area contributed by atoms with Crippen LogP contribution in [0.15, 0.2) is 16.6 Å². The number of benzene rings is 1. The fraction of sp³-hybridized carbons (Fsp3) is 0. The Morgan fingerprint density at radius 1 is 1.57 bits per heavy atom. The number of anilines is 1. The molecule has 1 aromatic rings. The van der Waals surface area contributed by atoms with Crippen LogP contribution in [0.5, 0.6) is 0 Å². The molecule has 74 valence electrons. The maximum absolute atomic E-state index is 12.9. The number of carbonyl (C=O) groups is 1. The number of rotatable bonds is 3. The molecule has 0 radical (unpaired) electrons. The summed E-state index contributed by atoms with van der Waals surface area (Å²) in [4.78, 5) is 19.6. The molecular weight excluding hydrogens is 259 g/mol. The lowest BCUT2D eigenvalue weighted by molar-refractivity contribution is -0.387. The predicted octanol–water partition coefficient (Wildman–Crippen LogP) is 2.06. The highest BCUT2D eigenvalue weighted by Gasteiger charge is 2.16. The summed E-state index contributed by atoms with van der Waals surface area (Å²) in [6.45, 7) is 0. The van der Waals surface area contributed by atoms with Gasteiger partial charge in [-0.05, 0) is 22.0 Å². The van der Waals surface area contributed by atoms with E-state index < -0.39 is 16.4 Å². The molecule has 0 aliphatic rings. The van der Waals surface area contributed by atoms with Crippen molar-refractivity contribution in [3.8, 4) is 0 Å². The van der Waals surface area contributed by atoms with Gasteiger partial charge in [0.2, 0.25) is 12.2 Å². The van der Waals surface area contributed by atoms with Gasteiger partial charge in [-0.1, -0.05) is 0 Å². The van der Waals surface area contributed by atoms with Crippen LogP contribution in [0.25, 0.3) is 0 Å². The third-order valence-electron chi connectivity index (χ3n) is 1.45. The molecule has 0 unspecified atom stereocenters. The summed E-state index contributed by atoms with van der Waals surface area (Å²) in [6, 6.07) is 1.86. The summed E-state index contributed by atoms with van der Waals surface area (Å²) >= 11 is 2.95. The van der Waals surface area contributed by atoms with E-state index in [2.05, 4.69) is 21.2 Å². The minimum absolute atomic E-state index is 0.146. The molecule has 0 fully saturated rings. The van der Waals surface area contributed by atoms with Crippen LogP contribution in [0.2, 0.25) is 0 Å². The summed E-state index contributed by atoms with van der Waals surface area (Å²) in [5.41, 5.74) is -0.536. The van der Waals surface area contributed by atoms with Crippen LogP contribution in [0.4, 0.5) is 15.8 Å². The molecule has 0 bridgehead atoms. The van der Waals surface area contributed by atoms with Crippen LogP contribution in [-0.4, -0.2) is 11.3 Å². The van der Waals surface area contributed by atoms with Crippen LogP contribution in [0, 0.1) is 15.9 Å². The van der Waals surface area contributed by atoms with Crippen molar-refractivity contribution in [1.29, 1.82) is 0 Å². The first-order chi connectivity index (χ1) is 6.56. The van der Waals surface area contributed by atoms with Crippen molar-refractivity contribution in [1.82, 2.24) is 0 Å². The number of hydrogen-bond acceptors (Lipinski definition) is 3. The monoisotopic (exact) mass is 262 g/mol. The quantitative estimate of drug-likeness (QED) is 0.515. The van der Waals surface area contributed by atoms with Crippen LogP contribution < -0.4 is 5.32 Å². The molecule has 1 aromatic carbocycles. The Hall–Kier alpha value is -1.50. The van der Waals surface area contributed by atoms with Gasteiger partial charge in [0.1, 0.15) is 0 Å². The van der Waals surface area contributed by atoms with Crippen molar-refractivity contribution in [2.75, 3.05) is 5.32 Å². The van der Waals surface area contributed by atoms with Crippen molar-refractivity contribution in [2.24, 2.45) is 0 Å². The summed E-state index contributed by atoms with van der Waals surface area (Å²) in [5.74, 6) is -0.960. The van der Waals surface area contributed by atoms with E-state index in [1.807, 2.05) is 0 Å². The van der Waals surface area contributed by atoms with E-state index in [0.29, 0.717) is 6.41 Å². The molecule has 1 rings (SSSR count). The zero-order valence-electron chi connectivity index (χ0n) is 6.66. The van der Waals surface area contributed by atoms with Gasteiger partial charge < -0.3 is 5.32 Å². The summed E-state index contributed by atoms with van der Waals surface area (Å²) < 4.78 is 13.2. The first kappa shape index (κ1) is 10.6. The molecule has 1 amide bonds. The zero-order valence-corrected chi connectivity index (χ0v) is 8.25. The Labute approximate surface area is 86.2 Å². The molecule has 1 N–H and O–H groups in total. The lowest BCUT2D eigenvalue weighted by Crippen LogP contribution is -1.99. The Balaban J connectivity index is 3.26. The second kappa shape index (κ2) is 4.14. The minimum Gasteiger partial charge on any atom is -0.327 e. The second-order valence-electron chi connectivity index (χ2n) is 2.30. The van der Waals surface area contributed by atoms with Gasteiger partial charge in [-0.3, -0.25) is 14.9 Å². The number of hydrogen-bond donors (Lipinski definition) is 1. The zero-order chi connectivity index (χ0) is 10.7. The topological polar surface area (TPSA) is 72.2 Å². The third-order valence-corrected chi connectivity index (χ3v) is 2.10. The first-order valence-electron chi connectivity index (χ1n) is 3.40. The van der Waals surface area contributed by atoms with Gasteiger partial charge in [-0.15, -0.1) is 0 Å². The normalized spacial score (nSPS) is 9.57. The Morgan fingerprint density at radius 3 is 2.71 bits per heavy atom. The molecule has 0 saturated carbocycles. The molecule has 0 aliphatic heterocycles. The summed E-state index contributed by atoms with van der Waals surface area (Å²) in [7, 11) is 0. The molecule has 5 nitrogen and oxygen atoms in total. The first-order valence-corrected chi connectivity index (χ1v) is 4.19. The smallest absolute Gasteiger partial charge is 0.306 e. The number of nitro groups is 1. The molecule has 0 aliphatic carbocycles. The SMILES string of the molecule is O=CNc1cc([N+](=O)[O-])c(F)cc1Br. The van der Waals surface area contributed by atoms with Gasteiger partial charge in [0.15, 0.2) is 0 Å². The predicted molar refractivity (Wildman–Crippen MR) is 50.4 cm³/mol. The fourth-order valence-corrected chi connectivity index (χ4v) is 1.28. The van der Waals surface area contributed by atoms with E-state index in [-0.39, 0.29) is 10.2 Å². The van der Waals surface area contributed by atoms with Gasteiger partial charge in [-0.25, -0.2) is 0 Å². The lowest BCUT2D eigenvalue weighted by atomic mass is 10.2. The molecule has 0 atom stereocenters. The molecular formula is C7H4BrFN2O3. The summed E-state index contributed by atoms with van der Waals surface area (Å²) in [5, 5.41) is 12.5. The number of nitro benzene ring substituents is 1. The Bertz CT molecular complexity index is 397. The molecule has 0 heterocycles. The highest BCUT2D eigenvalue weighted by atomic mass is 79.9. The molecule has 0 saturated heterocycles. The maximum Gasteiger partial charge on any atom is 0.306 e. The van der Waals surface area contributed by atoms with E-state index in [4.69, 9.17) is 0 Å². The molecule has 0 aromatic heterocycles. The number of carbonyl (C=O) groups excluding carboxylic acids is 1. The Morgan fingerprint density at radius 2 is 2.21 bits per heavy atom. The lowest BCUT2D eigenvalue weighted by Gasteiger charge is -2.02. The fourth-order valence-electron chi connectivity index (χ4n) is 0.852. The van der Waals surface area contributed by atoms with Gasteiger partial charge in [0.25, 0.3) is 0 Å². The van der Waals surface area contributed by atoms with E-state index in [0.717, 1.165) is 12.1 Å². The second-order valence-corrected chi connectivity index (χ2v) is 3.16. The summed E-state index contributed by atoms with van der Waals surface area (Å²) in [6.07, 6.45) is 0.349. The largest absolute Gasteiger partial charge is 0.327 e. The van der Waals surface area contributed by atoms with Crippen molar-refractivity contribution in [3.05, 3.63) is 32.5 Å². The number of nitrogens with one attached hydrogen (secondary N) is 1. The molecule has 14 heavy (non-hydrogen) atoms. The highest BCUT2D eigenvalue weighted by molar-refractivity contribution is 9.10. The average molecular weight is 263 g/mol. The van der Waals surface area contributed by atoms with E-state index in [1.165, 1.54) is 0 Å². The van der Waals surface area contributed by atoms with Crippen LogP contribution >= 0.6 is 15.9 Å². The van der Waals surface area contributed by atoms with Crippen LogP contribution in [0.1, 0.15) is 0 Å².